The summed E-state index contributed by atoms with van der Waals surface area (Å²) in [4.78, 5) is 30.6. The molecule has 0 bridgehead atoms. The van der Waals surface area contributed by atoms with Crippen LogP contribution in [0, 0.1) is 0 Å². The van der Waals surface area contributed by atoms with Crippen LogP contribution in [-0.2, 0) is 4.79 Å². The first-order valence-corrected chi connectivity index (χ1v) is 8.38. The molecule has 0 unspecified atom stereocenters. The molecule has 23 heavy (non-hydrogen) atoms. The lowest BCUT2D eigenvalue weighted by Crippen LogP contribution is -2.24. The second-order valence-electron chi connectivity index (χ2n) is 4.71. The number of nitrogens with zero attached hydrogens (tertiary/aromatic N) is 2. The second-order valence-corrected chi connectivity index (χ2v) is 6.70. The highest BCUT2D eigenvalue weighted by Gasteiger charge is 2.26. The third-order valence-electron chi connectivity index (χ3n) is 3.21. The van der Waals surface area contributed by atoms with Gasteiger partial charge in [0.15, 0.2) is 5.17 Å². The SMILES string of the molecule is CN(C1=NC(=O)/C(=C/c2cccs2)S1)c1ccccc1C(=O)O. The molecule has 1 aliphatic rings. The van der Waals surface area contributed by atoms with E-state index in [4.69, 9.17) is 0 Å². The molecule has 7 heteroatoms. The summed E-state index contributed by atoms with van der Waals surface area (Å²) in [6, 6.07) is 10.5. The fraction of sp³-hybridized carbons (Fsp3) is 0.0625. The molecule has 2 heterocycles. The molecular formula is C16H12N2O3S2. The van der Waals surface area contributed by atoms with E-state index in [2.05, 4.69) is 4.99 Å². The van der Waals surface area contributed by atoms with Gasteiger partial charge in [0.05, 0.1) is 16.2 Å². The quantitative estimate of drug-likeness (QED) is 0.862. The number of amides is 1. The number of aromatic carboxylic acids is 1. The molecule has 0 saturated heterocycles. The number of hydrogen-bond donors (Lipinski definition) is 1. The molecule has 0 saturated carbocycles. The lowest BCUT2D eigenvalue weighted by molar-refractivity contribution is -0.113. The van der Waals surface area contributed by atoms with Crippen LogP contribution >= 0.6 is 23.1 Å². The van der Waals surface area contributed by atoms with Crippen molar-refractivity contribution in [2.75, 3.05) is 11.9 Å². The molecule has 1 N–H and O–H groups in total. The summed E-state index contributed by atoms with van der Waals surface area (Å²) in [7, 11) is 1.70. The number of carboxylic acids is 1. The molecule has 1 aliphatic heterocycles. The lowest BCUT2D eigenvalue weighted by Gasteiger charge is -2.19. The van der Waals surface area contributed by atoms with Gasteiger partial charge < -0.3 is 10.0 Å². The molecule has 1 aromatic heterocycles. The van der Waals surface area contributed by atoms with Crippen molar-refractivity contribution in [3.63, 3.8) is 0 Å². The maximum Gasteiger partial charge on any atom is 0.337 e. The minimum absolute atomic E-state index is 0.168. The smallest absolute Gasteiger partial charge is 0.337 e. The number of carboxylic acid groups (broad SMARTS) is 1. The average Bonchev–Trinajstić information content (AvgIpc) is 3.17. The predicted molar refractivity (Wildman–Crippen MR) is 94.1 cm³/mol. The number of amidine groups is 1. The summed E-state index contributed by atoms with van der Waals surface area (Å²) in [6.07, 6.45) is 1.80. The molecule has 0 radical (unpaired) electrons. The molecule has 2 aromatic rings. The summed E-state index contributed by atoms with van der Waals surface area (Å²) >= 11 is 2.78. The minimum atomic E-state index is -1.02. The van der Waals surface area contributed by atoms with Crippen LogP contribution in [0.1, 0.15) is 15.2 Å². The molecule has 0 atom stereocenters. The zero-order chi connectivity index (χ0) is 16.4. The molecular weight excluding hydrogens is 332 g/mol. The highest BCUT2D eigenvalue weighted by atomic mass is 32.2. The maximum absolute atomic E-state index is 12.1. The lowest BCUT2D eigenvalue weighted by atomic mass is 10.1. The Kier molecular flexibility index (Phi) is 4.31. The number of aliphatic imine (C=N–C) groups is 1. The van der Waals surface area contributed by atoms with E-state index in [-0.39, 0.29) is 11.5 Å². The molecule has 1 aromatic carbocycles. The van der Waals surface area contributed by atoms with Gasteiger partial charge in [0, 0.05) is 11.9 Å². The van der Waals surface area contributed by atoms with Crippen LogP contribution in [0.3, 0.4) is 0 Å². The van der Waals surface area contributed by atoms with Crippen LogP contribution in [-0.4, -0.2) is 29.2 Å². The Morgan fingerprint density at radius 1 is 1.26 bits per heavy atom. The van der Waals surface area contributed by atoms with Gasteiger partial charge in [-0.3, -0.25) is 4.79 Å². The number of para-hydroxylation sites is 1. The number of thioether (sulfide) groups is 1. The van der Waals surface area contributed by atoms with Crippen molar-refractivity contribution in [1.29, 1.82) is 0 Å². The predicted octanol–water partition coefficient (Wildman–Crippen LogP) is 3.55. The zero-order valence-corrected chi connectivity index (χ0v) is 13.7. The molecule has 0 spiro atoms. The second kappa shape index (κ2) is 6.39. The van der Waals surface area contributed by atoms with Crippen molar-refractivity contribution in [2.24, 2.45) is 4.99 Å². The van der Waals surface area contributed by atoms with E-state index in [0.717, 1.165) is 4.88 Å². The minimum Gasteiger partial charge on any atom is -0.478 e. The summed E-state index contributed by atoms with van der Waals surface area (Å²) in [5, 5.41) is 11.7. The summed E-state index contributed by atoms with van der Waals surface area (Å²) in [5.41, 5.74) is 0.665. The van der Waals surface area contributed by atoms with Crippen molar-refractivity contribution in [2.45, 2.75) is 0 Å². The number of hydrogen-bond acceptors (Lipinski definition) is 5. The van der Waals surface area contributed by atoms with E-state index < -0.39 is 5.97 Å². The van der Waals surface area contributed by atoms with Crippen molar-refractivity contribution in [3.05, 3.63) is 57.1 Å². The number of benzene rings is 1. The van der Waals surface area contributed by atoms with Crippen LogP contribution in [0.5, 0.6) is 0 Å². The van der Waals surface area contributed by atoms with E-state index in [9.17, 15) is 14.7 Å². The van der Waals surface area contributed by atoms with E-state index in [1.165, 1.54) is 29.2 Å². The van der Waals surface area contributed by atoms with Crippen molar-refractivity contribution >= 4 is 51.9 Å². The Balaban J connectivity index is 1.88. The highest BCUT2D eigenvalue weighted by molar-refractivity contribution is 8.18. The van der Waals surface area contributed by atoms with Gasteiger partial charge in [-0.05, 0) is 41.4 Å². The van der Waals surface area contributed by atoms with Crippen LogP contribution < -0.4 is 4.90 Å². The topological polar surface area (TPSA) is 70.0 Å². The van der Waals surface area contributed by atoms with Gasteiger partial charge in [-0.15, -0.1) is 11.3 Å². The monoisotopic (exact) mass is 344 g/mol. The van der Waals surface area contributed by atoms with Crippen LogP contribution in [0.4, 0.5) is 5.69 Å². The van der Waals surface area contributed by atoms with Gasteiger partial charge in [0.25, 0.3) is 5.91 Å². The van der Waals surface area contributed by atoms with Gasteiger partial charge in [-0.1, -0.05) is 18.2 Å². The first-order chi connectivity index (χ1) is 11.1. The Bertz CT molecular complexity index is 826. The Labute approximate surface area is 141 Å². The number of rotatable bonds is 3. The normalized spacial score (nSPS) is 15.8. The molecule has 1 amide bonds. The Morgan fingerprint density at radius 3 is 2.74 bits per heavy atom. The Morgan fingerprint density at radius 2 is 2.04 bits per heavy atom. The van der Waals surface area contributed by atoms with E-state index in [1.807, 2.05) is 17.5 Å². The summed E-state index contributed by atoms with van der Waals surface area (Å²) < 4.78 is 0. The van der Waals surface area contributed by atoms with Gasteiger partial charge >= 0.3 is 5.97 Å². The van der Waals surface area contributed by atoms with Crippen LogP contribution in [0.25, 0.3) is 6.08 Å². The summed E-state index contributed by atoms with van der Waals surface area (Å²) in [6.45, 7) is 0. The average molecular weight is 344 g/mol. The zero-order valence-electron chi connectivity index (χ0n) is 12.1. The van der Waals surface area contributed by atoms with Crippen LogP contribution in [0.15, 0.2) is 51.7 Å². The maximum atomic E-state index is 12.1. The number of carbonyl (C=O) groups excluding carboxylic acids is 1. The van der Waals surface area contributed by atoms with Gasteiger partial charge in [0.1, 0.15) is 0 Å². The van der Waals surface area contributed by atoms with Gasteiger partial charge in [-0.2, -0.15) is 4.99 Å². The van der Waals surface area contributed by atoms with Crippen molar-refractivity contribution in [1.82, 2.24) is 0 Å². The fourth-order valence-corrected chi connectivity index (χ4v) is 3.71. The number of anilines is 1. The molecule has 5 nitrogen and oxygen atoms in total. The number of carbonyl (C=O) groups is 2. The summed E-state index contributed by atoms with van der Waals surface area (Å²) in [5.74, 6) is -1.32. The van der Waals surface area contributed by atoms with Crippen molar-refractivity contribution in [3.8, 4) is 0 Å². The number of thiophene rings is 1. The first-order valence-electron chi connectivity index (χ1n) is 6.68. The van der Waals surface area contributed by atoms with E-state index in [1.54, 1.807) is 36.2 Å². The fourth-order valence-electron chi connectivity index (χ4n) is 2.09. The van der Waals surface area contributed by atoms with Crippen LogP contribution in [0.2, 0.25) is 0 Å². The molecule has 3 rings (SSSR count). The van der Waals surface area contributed by atoms with Gasteiger partial charge in [-0.25, -0.2) is 4.79 Å². The largest absolute Gasteiger partial charge is 0.478 e. The first kappa shape index (κ1) is 15.5. The van der Waals surface area contributed by atoms with Gasteiger partial charge in [0.2, 0.25) is 0 Å². The standard InChI is InChI=1S/C16H12N2O3S2/c1-18(12-7-3-2-6-11(12)15(20)21)16-17-14(19)13(23-16)9-10-5-4-8-22-10/h2-9H,1H3,(H,20,21)/b13-9-. The molecule has 0 aliphatic carbocycles. The van der Waals surface area contributed by atoms with E-state index >= 15 is 0 Å². The Hall–Kier alpha value is -2.38. The highest BCUT2D eigenvalue weighted by Crippen LogP contribution is 2.33. The van der Waals surface area contributed by atoms with Crippen molar-refractivity contribution < 1.29 is 14.7 Å². The molecule has 0 fully saturated rings. The third kappa shape index (κ3) is 3.20. The third-order valence-corrected chi connectivity index (χ3v) is 5.09. The molecule has 116 valence electrons. The van der Waals surface area contributed by atoms with E-state index in [0.29, 0.717) is 15.8 Å².